The van der Waals surface area contributed by atoms with Gasteiger partial charge in [0.1, 0.15) is 5.75 Å². The molecule has 76 valence electrons. The number of carbonyl (C=O) groups is 1. The molecule has 0 heterocycles. The highest BCUT2D eigenvalue weighted by Gasteiger charge is 2.13. The van der Waals surface area contributed by atoms with Crippen LogP contribution >= 0.6 is 15.9 Å². The molecule has 0 saturated heterocycles. The standard InChI is InChI=1S/C10H11BrO3/c1-6-5-8(11)3-4-9(6)14-7(2)10(12)13/h3-5,7H,1-2H3,(H,12,13)/t7-/m0/s1. The van der Waals surface area contributed by atoms with Crippen molar-refractivity contribution in [2.24, 2.45) is 0 Å². The summed E-state index contributed by atoms with van der Waals surface area (Å²) in [4.78, 5) is 10.5. The Hall–Kier alpha value is -1.03. The van der Waals surface area contributed by atoms with Gasteiger partial charge in [-0.15, -0.1) is 0 Å². The Bertz CT molecular complexity index is 349. The van der Waals surface area contributed by atoms with Crippen LogP contribution in [0.4, 0.5) is 0 Å². The molecule has 0 fully saturated rings. The highest BCUT2D eigenvalue weighted by Crippen LogP contribution is 2.23. The number of hydrogen-bond acceptors (Lipinski definition) is 2. The van der Waals surface area contributed by atoms with E-state index in [1.54, 1.807) is 6.07 Å². The van der Waals surface area contributed by atoms with Gasteiger partial charge in [-0.25, -0.2) is 4.79 Å². The fraction of sp³-hybridized carbons (Fsp3) is 0.300. The predicted octanol–water partition coefficient (Wildman–Crippen LogP) is 2.61. The molecule has 0 saturated carbocycles. The van der Waals surface area contributed by atoms with E-state index in [9.17, 15) is 4.79 Å². The molecule has 0 bridgehead atoms. The lowest BCUT2D eigenvalue weighted by atomic mass is 10.2. The van der Waals surface area contributed by atoms with Crippen LogP contribution in [0.2, 0.25) is 0 Å². The third kappa shape index (κ3) is 2.73. The maximum absolute atomic E-state index is 10.5. The summed E-state index contributed by atoms with van der Waals surface area (Å²) in [6, 6.07) is 5.44. The van der Waals surface area contributed by atoms with E-state index >= 15 is 0 Å². The van der Waals surface area contributed by atoms with Gasteiger partial charge in [0.25, 0.3) is 0 Å². The number of aliphatic carboxylic acids is 1. The third-order valence-electron chi connectivity index (χ3n) is 1.79. The van der Waals surface area contributed by atoms with E-state index in [2.05, 4.69) is 15.9 Å². The molecular weight excluding hydrogens is 248 g/mol. The molecule has 3 nitrogen and oxygen atoms in total. The number of ether oxygens (including phenoxy) is 1. The lowest BCUT2D eigenvalue weighted by Gasteiger charge is -2.12. The van der Waals surface area contributed by atoms with Crippen molar-refractivity contribution < 1.29 is 14.6 Å². The molecule has 0 unspecified atom stereocenters. The molecule has 14 heavy (non-hydrogen) atoms. The van der Waals surface area contributed by atoms with Crippen molar-refractivity contribution in [3.05, 3.63) is 28.2 Å². The maximum Gasteiger partial charge on any atom is 0.344 e. The summed E-state index contributed by atoms with van der Waals surface area (Å²) >= 11 is 3.32. The molecule has 0 amide bonds. The van der Waals surface area contributed by atoms with E-state index in [4.69, 9.17) is 9.84 Å². The minimum Gasteiger partial charge on any atom is -0.479 e. The van der Waals surface area contributed by atoms with Gasteiger partial charge >= 0.3 is 5.97 Å². The summed E-state index contributed by atoms with van der Waals surface area (Å²) in [6.45, 7) is 3.37. The zero-order valence-electron chi connectivity index (χ0n) is 7.95. The van der Waals surface area contributed by atoms with Gasteiger partial charge in [0.15, 0.2) is 6.10 Å². The Morgan fingerprint density at radius 1 is 1.57 bits per heavy atom. The fourth-order valence-corrected chi connectivity index (χ4v) is 1.46. The Balaban J connectivity index is 2.82. The van der Waals surface area contributed by atoms with Crippen LogP contribution in [0.25, 0.3) is 0 Å². The number of aryl methyl sites for hydroxylation is 1. The van der Waals surface area contributed by atoms with Crippen LogP contribution in [0.1, 0.15) is 12.5 Å². The topological polar surface area (TPSA) is 46.5 Å². The van der Waals surface area contributed by atoms with Gasteiger partial charge in [-0.3, -0.25) is 0 Å². The zero-order chi connectivity index (χ0) is 10.7. The quantitative estimate of drug-likeness (QED) is 0.907. The van der Waals surface area contributed by atoms with E-state index in [1.807, 2.05) is 19.1 Å². The smallest absolute Gasteiger partial charge is 0.344 e. The van der Waals surface area contributed by atoms with Crippen LogP contribution in [-0.2, 0) is 4.79 Å². The molecule has 1 rings (SSSR count). The van der Waals surface area contributed by atoms with Crippen molar-refractivity contribution in [1.82, 2.24) is 0 Å². The Morgan fingerprint density at radius 2 is 2.21 bits per heavy atom. The fourth-order valence-electron chi connectivity index (χ4n) is 0.986. The Labute approximate surface area is 90.8 Å². The molecule has 4 heteroatoms. The summed E-state index contributed by atoms with van der Waals surface area (Å²) < 4.78 is 6.19. The second-order valence-corrected chi connectivity index (χ2v) is 3.92. The molecule has 1 atom stereocenters. The lowest BCUT2D eigenvalue weighted by Crippen LogP contribution is -2.23. The maximum atomic E-state index is 10.5. The molecule has 1 aromatic carbocycles. The molecule has 1 aromatic rings. The average Bonchev–Trinajstić information content (AvgIpc) is 2.09. The summed E-state index contributed by atoms with van der Waals surface area (Å²) in [5.41, 5.74) is 0.910. The van der Waals surface area contributed by atoms with Gasteiger partial charge in [-0.05, 0) is 37.6 Å². The van der Waals surface area contributed by atoms with Gasteiger partial charge in [0, 0.05) is 4.47 Å². The number of halogens is 1. The largest absolute Gasteiger partial charge is 0.479 e. The molecule has 0 spiro atoms. The first kappa shape index (κ1) is 11.0. The van der Waals surface area contributed by atoms with Gasteiger partial charge in [-0.2, -0.15) is 0 Å². The van der Waals surface area contributed by atoms with Crippen LogP contribution in [0, 0.1) is 6.92 Å². The van der Waals surface area contributed by atoms with Crippen LogP contribution in [0.15, 0.2) is 22.7 Å². The van der Waals surface area contributed by atoms with Gasteiger partial charge in [-0.1, -0.05) is 15.9 Å². The van der Waals surface area contributed by atoms with Crippen molar-refractivity contribution >= 4 is 21.9 Å². The molecule has 0 aliphatic carbocycles. The number of carboxylic acids is 1. The minimum absolute atomic E-state index is 0.600. The number of benzene rings is 1. The van der Waals surface area contributed by atoms with Crippen molar-refractivity contribution in [3.8, 4) is 5.75 Å². The van der Waals surface area contributed by atoms with E-state index in [0.717, 1.165) is 10.0 Å². The Kier molecular flexibility index (Phi) is 3.52. The first-order valence-electron chi connectivity index (χ1n) is 4.16. The first-order chi connectivity index (χ1) is 6.50. The van der Waals surface area contributed by atoms with Crippen molar-refractivity contribution in [2.75, 3.05) is 0 Å². The normalized spacial score (nSPS) is 12.2. The molecule has 0 aliphatic heterocycles. The summed E-state index contributed by atoms with van der Waals surface area (Å²) in [5.74, 6) is -0.365. The molecular formula is C10H11BrO3. The molecule has 0 aromatic heterocycles. The van der Waals surface area contributed by atoms with Gasteiger partial charge in [0.2, 0.25) is 0 Å². The summed E-state index contributed by atoms with van der Waals surface area (Å²) in [5, 5.41) is 8.65. The lowest BCUT2D eigenvalue weighted by molar-refractivity contribution is -0.144. The van der Waals surface area contributed by atoms with E-state index in [0.29, 0.717) is 5.75 Å². The number of carboxylic acid groups (broad SMARTS) is 1. The highest BCUT2D eigenvalue weighted by atomic mass is 79.9. The summed E-state index contributed by atoms with van der Waals surface area (Å²) in [7, 11) is 0. The first-order valence-corrected chi connectivity index (χ1v) is 4.95. The van der Waals surface area contributed by atoms with E-state index in [1.165, 1.54) is 6.92 Å². The minimum atomic E-state index is -0.965. The van der Waals surface area contributed by atoms with Crippen LogP contribution in [0.5, 0.6) is 5.75 Å². The number of rotatable bonds is 3. The van der Waals surface area contributed by atoms with Crippen LogP contribution < -0.4 is 4.74 Å². The third-order valence-corrected chi connectivity index (χ3v) is 2.28. The van der Waals surface area contributed by atoms with Crippen molar-refractivity contribution in [3.63, 3.8) is 0 Å². The molecule has 1 N–H and O–H groups in total. The zero-order valence-corrected chi connectivity index (χ0v) is 9.54. The molecule has 0 aliphatic rings. The monoisotopic (exact) mass is 258 g/mol. The van der Waals surface area contributed by atoms with Crippen LogP contribution in [0.3, 0.4) is 0 Å². The Morgan fingerprint density at radius 3 is 2.71 bits per heavy atom. The van der Waals surface area contributed by atoms with Crippen LogP contribution in [-0.4, -0.2) is 17.2 Å². The SMILES string of the molecule is Cc1cc(Br)ccc1O[C@@H](C)C(=O)O. The molecule has 0 radical (unpaired) electrons. The van der Waals surface area contributed by atoms with Gasteiger partial charge in [0.05, 0.1) is 0 Å². The second-order valence-electron chi connectivity index (χ2n) is 3.01. The highest BCUT2D eigenvalue weighted by molar-refractivity contribution is 9.10. The average molecular weight is 259 g/mol. The number of hydrogen-bond donors (Lipinski definition) is 1. The van der Waals surface area contributed by atoms with E-state index in [-0.39, 0.29) is 0 Å². The van der Waals surface area contributed by atoms with E-state index < -0.39 is 12.1 Å². The van der Waals surface area contributed by atoms with Crippen molar-refractivity contribution in [2.45, 2.75) is 20.0 Å². The van der Waals surface area contributed by atoms with Crippen molar-refractivity contribution in [1.29, 1.82) is 0 Å². The van der Waals surface area contributed by atoms with Gasteiger partial charge < -0.3 is 9.84 Å². The summed E-state index contributed by atoms with van der Waals surface area (Å²) in [6.07, 6.45) is -0.824. The predicted molar refractivity (Wildman–Crippen MR) is 56.6 cm³/mol. The second kappa shape index (κ2) is 4.46.